The van der Waals surface area contributed by atoms with E-state index < -0.39 is 0 Å². The maximum absolute atomic E-state index is 6.85. The molecule has 17 rings (SSSR count). The highest BCUT2D eigenvalue weighted by molar-refractivity contribution is 8.00. The summed E-state index contributed by atoms with van der Waals surface area (Å²) < 4.78 is 6.22. The van der Waals surface area contributed by atoms with Crippen LogP contribution in [-0.2, 0) is 0 Å². The first-order chi connectivity index (χ1) is 42.0. The van der Waals surface area contributed by atoms with E-state index in [1.165, 1.54) is 37.0 Å². The third-order valence-corrected chi connectivity index (χ3v) is 21.4. The summed E-state index contributed by atoms with van der Waals surface area (Å²) in [5, 5.41) is 6.01. The van der Waals surface area contributed by atoms with E-state index >= 15 is 0 Å². The van der Waals surface area contributed by atoms with Crippen LogP contribution in [0.5, 0.6) is 0 Å². The molecule has 2 aliphatic heterocycles. The Morgan fingerprint density at radius 2 is 0.814 bits per heavy atom. The number of para-hydroxylation sites is 3. The molecule has 378 valence electrons. The van der Waals surface area contributed by atoms with Crippen LogP contribution in [-0.4, -0.2) is 74.1 Å². The van der Waals surface area contributed by atoms with Gasteiger partial charge in [-0.1, -0.05) is 191 Å². The third kappa shape index (κ3) is 7.58. The van der Waals surface area contributed by atoms with Gasteiger partial charge in [-0.2, -0.15) is 0 Å². The van der Waals surface area contributed by atoms with Crippen LogP contribution < -0.4 is 65.0 Å². The molecule has 0 saturated heterocycles. The monoisotopic (exact) mass is 1120 g/mol. The predicted molar refractivity (Wildman–Crippen MR) is 381 cm³/mol. The van der Waals surface area contributed by atoms with Crippen molar-refractivity contribution >= 4 is 243 Å². The summed E-state index contributed by atoms with van der Waals surface area (Å²) in [7, 11) is 52.8. The van der Waals surface area contributed by atoms with E-state index in [0.717, 1.165) is 119 Å². The van der Waals surface area contributed by atoms with Gasteiger partial charge in [0.1, 0.15) is 62.8 Å². The van der Waals surface area contributed by atoms with E-state index in [2.05, 4.69) is 222 Å². The lowest BCUT2D eigenvalue weighted by molar-refractivity contribution is 1.15. The van der Waals surface area contributed by atoms with Crippen molar-refractivity contribution in [2.24, 2.45) is 0 Å². The van der Waals surface area contributed by atoms with Crippen LogP contribution in [0.1, 0.15) is 0 Å². The Balaban J connectivity index is 0.959. The molecule has 0 amide bonds. The van der Waals surface area contributed by atoms with Crippen LogP contribution in [0.2, 0.25) is 0 Å². The van der Waals surface area contributed by atoms with Gasteiger partial charge in [-0.25, -0.2) is 0 Å². The van der Waals surface area contributed by atoms with Crippen molar-refractivity contribution in [2.45, 2.75) is 9.79 Å². The molecule has 0 unspecified atom stereocenters. The van der Waals surface area contributed by atoms with Crippen LogP contribution >= 0.6 is 34.4 Å². The lowest BCUT2D eigenvalue weighted by Gasteiger charge is -2.42. The van der Waals surface area contributed by atoms with E-state index in [9.17, 15) is 0 Å². The van der Waals surface area contributed by atoms with Crippen molar-refractivity contribution in [1.82, 2.24) is 4.57 Å². The molecule has 0 fully saturated rings. The molecule has 0 aliphatic carbocycles. The number of hydrogen-bond acceptors (Lipinski definition) is 4. The molecule has 15 aromatic rings. The van der Waals surface area contributed by atoms with Gasteiger partial charge in [-0.15, -0.1) is 44.5 Å². The van der Waals surface area contributed by atoms with Crippen molar-refractivity contribution in [1.29, 1.82) is 0 Å². The quantitative estimate of drug-likeness (QED) is 0.154. The minimum atomic E-state index is -0.166. The molecule has 16 radical (unpaired) electrons. The lowest BCUT2D eigenvalue weighted by atomic mass is 9.34. The second-order valence-corrected chi connectivity index (χ2v) is 25.6. The van der Waals surface area contributed by atoms with Gasteiger partial charge in [0.05, 0.1) is 16.7 Å². The fraction of sp³-hybridized carbons (Fsp3) is 0. The first-order valence-electron chi connectivity index (χ1n) is 28.3. The Morgan fingerprint density at radius 1 is 0.337 bits per heavy atom. The number of thiophene rings is 2. The summed E-state index contributed by atoms with van der Waals surface area (Å²) in [6, 6.07) is 77.9. The van der Waals surface area contributed by atoms with Crippen LogP contribution in [0, 0.1) is 0 Å². The maximum atomic E-state index is 6.85. The van der Waals surface area contributed by atoms with Crippen molar-refractivity contribution in [3.05, 3.63) is 212 Å². The SMILES string of the molecule is [B]c1c([B])c([B])c2c(sc3ccc(-c4ccc5c(c4)Sc4cc(-n6c7ccccc7c7ccccc76)cc6c4B5c4ccc(-c5ccc7sc8c([B])c([B])c([B])c([B])c8c7c5)cc4N6c4c(-c5ccccc5)cccc4-c4ccccc4)cc32)c1[B]. The first kappa shape index (κ1) is 52.0. The largest absolute Gasteiger partial charge is 0.310 e. The number of hydrogen-bond donors (Lipinski definition) is 0. The van der Waals surface area contributed by atoms with Crippen molar-refractivity contribution < 1.29 is 0 Å². The normalized spacial score (nSPS) is 12.7. The van der Waals surface area contributed by atoms with Crippen LogP contribution in [0.4, 0.5) is 17.1 Å². The lowest BCUT2D eigenvalue weighted by Crippen LogP contribution is -2.60. The Labute approximate surface area is 521 Å². The molecule has 14 heteroatoms. The third-order valence-electron chi connectivity index (χ3n) is 17.8. The Hall–Kier alpha value is -8.39. The summed E-state index contributed by atoms with van der Waals surface area (Å²) >= 11 is 5.00. The topological polar surface area (TPSA) is 8.17 Å². The summed E-state index contributed by atoms with van der Waals surface area (Å²) in [6.07, 6.45) is 0. The summed E-state index contributed by atoms with van der Waals surface area (Å²) in [5.74, 6) is 0. The van der Waals surface area contributed by atoms with Crippen molar-refractivity contribution in [3.8, 4) is 50.2 Å². The van der Waals surface area contributed by atoms with E-state index in [0.29, 0.717) is 43.7 Å². The molecule has 2 aliphatic rings. The van der Waals surface area contributed by atoms with Gasteiger partial charge in [-0.3, -0.25) is 0 Å². The van der Waals surface area contributed by atoms with Gasteiger partial charge < -0.3 is 9.47 Å². The zero-order chi connectivity index (χ0) is 58.0. The number of anilines is 3. The molecule has 0 atom stereocenters. The average Bonchev–Trinajstić information content (AvgIpc) is 0.859. The smallest absolute Gasteiger partial charge is 0.249 e. The zero-order valence-corrected chi connectivity index (χ0v) is 48.5. The fourth-order valence-corrected chi connectivity index (χ4v) is 17.3. The zero-order valence-electron chi connectivity index (χ0n) is 46.0. The maximum Gasteiger partial charge on any atom is 0.249 e. The second-order valence-electron chi connectivity index (χ2n) is 22.4. The molecule has 2 nitrogen and oxygen atoms in total. The minimum Gasteiger partial charge on any atom is -0.310 e. The van der Waals surface area contributed by atoms with Gasteiger partial charge >= 0.3 is 0 Å². The Morgan fingerprint density at radius 3 is 1.37 bits per heavy atom. The van der Waals surface area contributed by atoms with Crippen LogP contribution in [0.25, 0.3) is 112 Å². The second kappa shape index (κ2) is 19.6. The van der Waals surface area contributed by atoms with Crippen molar-refractivity contribution in [2.75, 3.05) is 4.90 Å². The molecule has 12 aromatic carbocycles. The predicted octanol–water partition coefficient (Wildman–Crippen LogP) is 9.30. The van der Waals surface area contributed by atoms with E-state index in [4.69, 9.17) is 62.8 Å². The van der Waals surface area contributed by atoms with Crippen LogP contribution in [0.15, 0.2) is 222 Å². The highest BCUT2D eigenvalue weighted by Gasteiger charge is 2.43. The van der Waals surface area contributed by atoms with Crippen molar-refractivity contribution in [3.63, 3.8) is 0 Å². The van der Waals surface area contributed by atoms with Gasteiger partial charge in [-0.05, 0) is 116 Å². The number of fused-ring (bicyclic) bond motifs is 13. The number of nitrogens with zero attached hydrogens (tertiary/aromatic N) is 2. The standard InChI is InChI=1S/C72H35B9N2S3/c73-61-59-47-30-38(24-28-55(47)85-71(59)67(79)65(77)63(61)75)40-22-26-49-53(32-40)83(70-43(36-12-3-1-4-13-36)18-11-19-44(70)37-14-5-2-6-15-37)54-34-42(82-51-20-9-7-16-45(51)46-17-8-10-21-52(46)82)35-58-69(54)81(49)50-27-23-41(33-57(50)84-58)39-25-29-56-48(31-39)60-62(74)64(76)66(78)68(80)72(60)86-56/h1-35H. The number of aromatic nitrogens is 1. The average molecular weight is 1120 g/mol. The summed E-state index contributed by atoms with van der Waals surface area (Å²) in [4.78, 5) is 4.93. The first-order valence-corrected chi connectivity index (χ1v) is 30.8. The summed E-state index contributed by atoms with van der Waals surface area (Å²) in [6.45, 7) is -0.166. The van der Waals surface area contributed by atoms with Crippen LogP contribution in [0.3, 0.4) is 0 Å². The van der Waals surface area contributed by atoms with Gasteiger partial charge in [0, 0.05) is 78.3 Å². The molecule has 86 heavy (non-hydrogen) atoms. The molecule has 0 bridgehead atoms. The van der Waals surface area contributed by atoms with Gasteiger partial charge in [0.25, 0.3) is 0 Å². The molecule has 0 N–H and O–H groups in total. The Bertz CT molecular complexity index is 5350. The molecule has 0 saturated carbocycles. The number of rotatable bonds is 6. The Kier molecular flexibility index (Phi) is 11.8. The van der Waals surface area contributed by atoms with E-state index in [1.807, 2.05) is 11.8 Å². The molecular formula is C72H35B9N2S3. The summed E-state index contributed by atoms with van der Waals surface area (Å²) in [5.41, 5.74) is 21.9. The fourth-order valence-electron chi connectivity index (χ4n) is 13.7. The van der Waals surface area contributed by atoms with E-state index in [-0.39, 0.29) is 6.71 Å². The van der Waals surface area contributed by atoms with E-state index in [1.54, 1.807) is 22.7 Å². The molecular weight excluding hydrogens is 1090 g/mol. The molecule has 0 spiro atoms. The molecule has 5 heterocycles. The highest BCUT2D eigenvalue weighted by atomic mass is 32.2. The highest BCUT2D eigenvalue weighted by Crippen LogP contribution is 2.51. The molecule has 3 aromatic heterocycles. The number of benzene rings is 12. The van der Waals surface area contributed by atoms with Gasteiger partial charge in [0.15, 0.2) is 0 Å². The minimum absolute atomic E-state index is 0.166. The van der Waals surface area contributed by atoms with Gasteiger partial charge in [0.2, 0.25) is 6.71 Å².